The van der Waals surface area contributed by atoms with Crippen LogP contribution in [0.25, 0.3) is 89.0 Å². The van der Waals surface area contributed by atoms with E-state index in [-0.39, 0.29) is 67.1 Å². The van der Waals surface area contributed by atoms with Gasteiger partial charge in [0.1, 0.15) is 0 Å². The number of hydrogen-bond donors (Lipinski definition) is 0. The molecule has 17 heteroatoms. The summed E-state index contributed by atoms with van der Waals surface area (Å²) in [6.07, 6.45) is 1.83. The fourth-order valence-corrected chi connectivity index (χ4v) is 13.4. The summed E-state index contributed by atoms with van der Waals surface area (Å²) in [5, 5.41) is 48.4. The van der Waals surface area contributed by atoms with E-state index in [1.165, 1.54) is 4.90 Å². The molecule has 0 aliphatic heterocycles. The van der Waals surface area contributed by atoms with Crippen LogP contribution in [0.2, 0.25) is 5.02 Å². The number of aromatic carboxylic acids is 4. The van der Waals surface area contributed by atoms with Crippen molar-refractivity contribution in [2.75, 3.05) is 10.7 Å². The second kappa shape index (κ2) is 51.5. The summed E-state index contributed by atoms with van der Waals surface area (Å²) in [4.78, 5) is 52.8. The van der Waals surface area contributed by atoms with Crippen molar-refractivity contribution < 1.29 is 73.7 Å². The van der Waals surface area contributed by atoms with E-state index in [0.717, 1.165) is 105 Å². The number of pyridine rings is 1. The van der Waals surface area contributed by atoms with Crippen LogP contribution >= 0.6 is 69.8 Å². The van der Waals surface area contributed by atoms with E-state index in [9.17, 15) is 39.6 Å². The van der Waals surface area contributed by atoms with Gasteiger partial charge in [0.15, 0.2) is 0 Å². The van der Waals surface area contributed by atoms with Gasteiger partial charge in [-0.25, -0.2) is 0 Å². The molecule has 0 radical (unpaired) electrons. The molecular weight excluding hydrogens is 1710 g/mol. The first-order chi connectivity index (χ1) is 57.4. The summed E-state index contributed by atoms with van der Waals surface area (Å²) >= 11 is 26.4. The number of aryl methyl sites for hydroxylation is 8. The predicted octanol–water partition coefficient (Wildman–Crippen LogP) is 24.6. The van der Waals surface area contributed by atoms with Gasteiger partial charge in [0.05, 0.1) is 40.2 Å². The molecule has 614 valence electrons. The van der Waals surface area contributed by atoms with Crippen LogP contribution in [0.1, 0.15) is 91.6 Å². The second-order valence-corrected chi connectivity index (χ2v) is 30.5. The van der Waals surface area contributed by atoms with E-state index in [2.05, 4.69) is 35.3 Å². The Morgan fingerprint density at radius 3 is 0.595 bits per heavy atom. The molecule has 0 saturated carbocycles. The van der Waals surface area contributed by atoms with Gasteiger partial charge in [0.25, 0.3) is 0 Å². The molecule has 14 aromatic carbocycles. The molecular formula is C104H88Cl5Fe2NO8S. The fraction of sp³-hybridized carbons (Fsp3) is 0.106. The van der Waals surface area contributed by atoms with Crippen LogP contribution in [0, 0.1) is 55.4 Å². The van der Waals surface area contributed by atoms with Crippen molar-refractivity contribution >= 4 is 93.6 Å². The number of carboxylic acids is 4. The molecule has 0 atom stereocenters. The molecule has 0 fully saturated rings. The molecule has 0 saturated heterocycles. The number of aromatic nitrogens is 1. The number of alkyl halides is 4. The molecule has 9 nitrogen and oxygen atoms in total. The normalized spacial score (nSPS) is 9.96. The smallest absolute Gasteiger partial charge is 0.545 e. The number of carbonyl (C=O) groups excluding carboxylic acids is 4. The maximum atomic E-state index is 11.8. The molecule has 1 heterocycles. The summed E-state index contributed by atoms with van der Waals surface area (Å²) in [6, 6.07) is 111. The summed E-state index contributed by atoms with van der Waals surface area (Å²) in [5.41, 5.74) is 23.7. The minimum atomic E-state index is -1.16. The Hall–Kier alpha value is -11.1. The maximum Gasteiger partial charge on any atom is 2.00 e. The number of carboxylic acid groups (broad SMARTS) is 4. The van der Waals surface area contributed by atoms with Gasteiger partial charge in [-0.1, -0.05) is 365 Å². The summed E-state index contributed by atoms with van der Waals surface area (Å²) in [7, 11) is 0. The van der Waals surface area contributed by atoms with Crippen LogP contribution in [0.5, 0.6) is 0 Å². The average molecular weight is 1800 g/mol. The Bertz CT molecular complexity index is 4830. The average Bonchev–Trinajstić information content (AvgIpc) is 0.806. The van der Waals surface area contributed by atoms with Crippen molar-refractivity contribution in [3.05, 3.63) is 429 Å². The number of nitrogens with zero attached hydrogens (tertiary/aromatic N) is 1. The zero-order valence-corrected chi connectivity index (χ0v) is 74.6. The third-order valence-corrected chi connectivity index (χ3v) is 19.9. The van der Waals surface area contributed by atoms with Crippen molar-refractivity contribution in [2.24, 2.45) is 0 Å². The van der Waals surface area contributed by atoms with Crippen molar-refractivity contribution in [2.45, 2.75) is 66.0 Å². The van der Waals surface area contributed by atoms with Gasteiger partial charge in [-0.3, -0.25) is 4.98 Å². The van der Waals surface area contributed by atoms with Gasteiger partial charge in [0.2, 0.25) is 0 Å². The van der Waals surface area contributed by atoms with Crippen molar-refractivity contribution in [1.29, 1.82) is 0 Å². The predicted molar refractivity (Wildman–Crippen MR) is 489 cm³/mol. The zero-order valence-electron chi connectivity index (χ0n) is 67.8. The summed E-state index contributed by atoms with van der Waals surface area (Å²) in [5.74, 6) is -3.69. The minimum absolute atomic E-state index is 0. The molecule has 0 spiro atoms. The molecule has 121 heavy (non-hydrogen) atoms. The van der Waals surface area contributed by atoms with Gasteiger partial charge in [-0.05, 0) is 181 Å². The van der Waals surface area contributed by atoms with Gasteiger partial charge in [-0.15, -0.1) is 58.2 Å². The molecule has 15 rings (SSSR count). The Balaban J connectivity index is 0.000000226. The molecule has 0 aliphatic rings. The van der Waals surface area contributed by atoms with E-state index in [4.69, 9.17) is 58.0 Å². The van der Waals surface area contributed by atoms with Crippen LogP contribution < -0.4 is 20.4 Å². The molecule has 15 aromatic rings. The fourth-order valence-electron chi connectivity index (χ4n) is 12.5. The molecule has 0 amide bonds. The molecule has 0 unspecified atom stereocenters. The maximum absolute atomic E-state index is 11.8. The van der Waals surface area contributed by atoms with E-state index in [1.807, 2.05) is 389 Å². The monoisotopic (exact) mass is 1800 g/mol. The number of benzene rings is 14. The molecule has 0 bridgehead atoms. The van der Waals surface area contributed by atoms with Gasteiger partial charge in [0, 0.05) is 44.1 Å². The van der Waals surface area contributed by atoms with Crippen LogP contribution in [0.3, 0.4) is 0 Å². The van der Waals surface area contributed by atoms with E-state index in [1.54, 1.807) is 0 Å². The standard InChI is InChI=1S/4C21H18O2.C12H11NS.C6H5Cl.2CH2Cl2.2Fe/c4*1-14-6-10-16(11-7-14)18-4-3-5-19(20(18)21(22)23)17-12-8-15(2)9-13-17;1-2-7-12(8-3-1)14-10-11-6-4-5-9-13-11;7-6-4-2-1-3-5-6;2*2-1-3;;/h4*3-13H,1-2H3,(H,22,23);1-9H,10H2;1-5H;2*1H2;;/q;;;;;;;;2*+2/p-4. The third kappa shape index (κ3) is 30.6. The van der Waals surface area contributed by atoms with Gasteiger partial charge >= 0.3 is 34.1 Å². The molecule has 1 aromatic heterocycles. The number of rotatable bonds is 15. The van der Waals surface area contributed by atoms with Gasteiger partial charge < -0.3 is 39.6 Å². The van der Waals surface area contributed by atoms with Crippen LogP contribution in [0.4, 0.5) is 0 Å². The Labute approximate surface area is 761 Å². The quantitative estimate of drug-likeness (QED) is 0.0546. The number of hydrogen-bond acceptors (Lipinski definition) is 10. The second-order valence-electron chi connectivity index (χ2n) is 27.4. The Kier molecular flexibility index (Phi) is 42.1. The first-order valence-electron chi connectivity index (χ1n) is 37.9. The van der Waals surface area contributed by atoms with E-state index in [0.29, 0.717) is 44.5 Å². The van der Waals surface area contributed by atoms with E-state index >= 15 is 0 Å². The summed E-state index contributed by atoms with van der Waals surface area (Å²) < 4.78 is 0. The van der Waals surface area contributed by atoms with Crippen LogP contribution in [0.15, 0.2) is 357 Å². The summed E-state index contributed by atoms with van der Waals surface area (Å²) in [6.45, 7) is 16.0. The largest absolute Gasteiger partial charge is 2.00 e. The number of carbonyl (C=O) groups is 4. The molecule has 0 aliphatic carbocycles. The van der Waals surface area contributed by atoms with Crippen molar-refractivity contribution in [3.63, 3.8) is 0 Å². The first-order valence-corrected chi connectivity index (χ1v) is 41.4. The Morgan fingerprint density at radius 2 is 0.438 bits per heavy atom. The van der Waals surface area contributed by atoms with Crippen LogP contribution in [-0.4, -0.2) is 39.5 Å². The van der Waals surface area contributed by atoms with E-state index < -0.39 is 23.9 Å². The minimum Gasteiger partial charge on any atom is -0.545 e. The SMILES string of the molecule is Cc1ccc(-c2cccc(-c3ccc(C)cc3)c2C(=O)[O-])cc1.Cc1ccc(-c2cccc(-c3ccc(C)cc3)c2C(=O)[O-])cc1.Cc1ccc(-c2cccc(-c3ccc(C)cc3)c2C(=O)[O-])cc1.Cc1ccc(-c2cccc(-c3ccc(C)cc3)c2C(=O)[O-])cc1.ClCCl.ClCCl.Clc1ccccc1.[Fe+2].[Fe+2].c1ccc(SCc2ccccn2)cc1. The zero-order chi connectivity index (χ0) is 85.8. The number of thioether (sulfide) groups is 1. The topological polar surface area (TPSA) is 173 Å². The number of halogens is 5. The third-order valence-electron chi connectivity index (χ3n) is 18.6. The van der Waals surface area contributed by atoms with Crippen molar-refractivity contribution in [3.8, 4) is 89.0 Å². The van der Waals surface area contributed by atoms with Gasteiger partial charge in [-0.2, -0.15) is 0 Å². The van der Waals surface area contributed by atoms with Crippen LogP contribution in [-0.2, 0) is 39.9 Å². The Morgan fingerprint density at radius 1 is 0.256 bits per heavy atom. The first kappa shape index (κ1) is 98.8. The van der Waals surface area contributed by atoms with Crippen molar-refractivity contribution in [1.82, 2.24) is 4.98 Å². The molecule has 0 N–H and O–H groups in total.